The van der Waals surface area contributed by atoms with Crippen LogP contribution in [0.1, 0.15) is 39.0 Å². The zero-order chi connectivity index (χ0) is 10.9. The van der Waals surface area contributed by atoms with E-state index in [1.54, 1.807) is 6.21 Å². The molecule has 0 saturated carbocycles. The van der Waals surface area contributed by atoms with Gasteiger partial charge in [-0.15, -0.1) is 0 Å². The molecule has 1 saturated heterocycles. The van der Waals surface area contributed by atoms with E-state index < -0.39 is 0 Å². The molecule has 2 nitrogen and oxygen atoms in total. The summed E-state index contributed by atoms with van der Waals surface area (Å²) in [7, 11) is 0. The van der Waals surface area contributed by atoms with Crippen LogP contribution in [-0.2, 0) is 0 Å². The number of hydrogen-bond acceptors (Lipinski definition) is 2. The second-order valence-corrected chi connectivity index (χ2v) is 4.44. The number of allylic oxidation sites excluding steroid dienone is 1. The van der Waals surface area contributed by atoms with Crippen LogP contribution in [0.2, 0.25) is 0 Å². The smallest absolute Gasteiger partial charge is 0.0742 e. The third kappa shape index (κ3) is 5.83. The van der Waals surface area contributed by atoms with Gasteiger partial charge in [-0.05, 0) is 19.3 Å². The summed E-state index contributed by atoms with van der Waals surface area (Å²) in [4.78, 5) is 6.56. The van der Waals surface area contributed by atoms with E-state index in [4.69, 9.17) is 11.6 Å². The van der Waals surface area contributed by atoms with Gasteiger partial charge in [0.25, 0.3) is 0 Å². The molecule has 86 valence electrons. The number of halogens is 1. The van der Waals surface area contributed by atoms with Crippen LogP contribution in [0.15, 0.2) is 16.2 Å². The molecule has 0 aliphatic carbocycles. The van der Waals surface area contributed by atoms with Gasteiger partial charge < -0.3 is 4.90 Å². The first-order valence-electron chi connectivity index (χ1n) is 5.94. The number of rotatable bonds is 6. The highest BCUT2D eigenvalue weighted by Gasteiger charge is 2.07. The van der Waals surface area contributed by atoms with E-state index in [1.165, 1.54) is 32.1 Å². The van der Waals surface area contributed by atoms with E-state index in [2.05, 4.69) is 16.8 Å². The fourth-order valence-corrected chi connectivity index (χ4v) is 1.89. The molecule has 0 radical (unpaired) electrons. The van der Waals surface area contributed by atoms with Crippen LogP contribution in [0.5, 0.6) is 0 Å². The van der Waals surface area contributed by atoms with Crippen LogP contribution in [-0.4, -0.2) is 30.7 Å². The number of likely N-dealkylation sites (tertiary alicyclic amines) is 1. The van der Waals surface area contributed by atoms with E-state index in [0.29, 0.717) is 0 Å². The van der Waals surface area contributed by atoms with Gasteiger partial charge in [-0.3, -0.25) is 4.99 Å². The van der Waals surface area contributed by atoms with Crippen molar-refractivity contribution in [3.63, 3.8) is 0 Å². The Labute approximate surface area is 98.0 Å². The van der Waals surface area contributed by atoms with Crippen molar-refractivity contribution in [2.75, 3.05) is 19.6 Å². The average molecular weight is 229 g/mol. The first-order chi connectivity index (χ1) is 7.33. The maximum Gasteiger partial charge on any atom is 0.0742 e. The molecule has 3 heteroatoms. The Morgan fingerprint density at radius 3 is 2.73 bits per heavy atom. The van der Waals surface area contributed by atoms with Gasteiger partial charge in [-0.25, -0.2) is 0 Å². The standard InChI is InChI=1S/C12H21ClN2/c1-2-3-4-7-14-10-12(13)11-15-8-5-6-9-15/h10-11H,2-9H2,1H3/b12-11-,14-10+. The Morgan fingerprint density at radius 1 is 1.33 bits per heavy atom. The lowest BCUT2D eigenvalue weighted by Crippen LogP contribution is -2.11. The van der Waals surface area contributed by atoms with Crippen LogP contribution >= 0.6 is 11.6 Å². The number of hydrogen-bond donors (Lipinski definition) is 0. The predicted molar refractivity (Wildman–Crippen MR) is 67.6 cm³/mol. The lowest BCUT2D eigenvalue weighted by atomic mass is 10.2. The Morgan fingerprint density at radius 2 is 2.07 bits per heavy atom. The second-order valence-electron chi connectivity index (χ2n) is 4.00. The van der Waals surface area contributed by atoms with Gasteiger partial charge in [0.2, 0.25) is 0 Å². The van der Waals surface area contributed by atoms with Crippen molar-refractivity contribution in [2.24, 2.45) is 4.99 Å². The molecule has 0 bridgehead atoms. The first-order valence-corrected chi connectivity index (χ1v) is 6.32. The molecule has 1 heterocycles. The van der Waals surface area contributed by atoms with Crippen LogP contribution in [0, 0.1) is 0 Å². The van der Waals surface area contributed by atoms with E-state index in [0.717, 1.165) is 24.7 Å². The third-order valence-electron chi connectivity index (χ3n) is 2.55. The van der Waals surface area contributed by atoms with E-state index >= 15 is 0 Å². The highest BCUT2D eigenvalue weighted by molar-refractivity contribution is 6.39. The van der Waals surface area contributed by atoms with E-state index in [9.17, 15) is 0 Å². The molecular weight excluding hydrogens is 208 g/mol. The van der Waals surface area contributed by atoms with Gasteiger partial charge in [0.1, 0.15) is 0 Å². The molecule has 15 heavy (non-hydrogen) atoms. The van der Waals surface area contributed by atoms with Crippen molar-refractivity contribution in [3.05, 3.63) is 11.2 Å². The maximum absolute atomic E-state index is 6.04. The summed E-state index contributed by atoms with van der Waals surface area (Å²) < 4.78 is 0. The molecule has 1 fully saturated rings. The van der Waals surface area contributed by atoms with Crippen LogP contribution in [0.25, 0.3) is 0 Å². The summed E-state index contributed by atoms with van der Waals surface area (Å²) in [5.74, 6) is 0. The molecule has 1 aliphatic rings. The monoisotopic (exact) mass is 228 g/mol. The minimum atomic E-state index is 0.758. The van der Waals surface area contributed by atoms with Crippen LogP contribution in [0.4, 0.5) is 0 Å². The van der Waals surface area contributed by atoms with Gasteiger partial charge in [0.05, 0.1) is 5.03 Å². The lowest BCUT2D eigenvalue weighted by molar-refractivity contribution is 0.468. The second kappa shape index (κ2) is 7.75. The Hall–Kier alpha value is -0.500. The number of nitrogens with zero attached hydrogens (tertiary/aromatic N) is 2. The molecule has 0 aromatic rings. The molecule has 0 aromatic carbocycles. The minimum Gasteiger partial charge on any atom is -0.376 e. The van der Waals surface area contributed by atoms with Gasteiger partial charge in [-0.2, -0.15) is 0 Å². The number of unbranched alkanes of at least 4 members (excludes halogenated alkanes) is 2. The fourth-order valence-electron chi connectivity index (χ4n) is 1.68. The summed E-state index contributed by atoms with van der Waals surface area (Å²) in [5, 5.41) is 0.758. The lowest BCUT2D eigenvalue weighted by Gasteiger charge is -2.10. The van der Waals surface area contributed by atoms with Gasteiger partial charge >= 0.3 is 0 Å². The maximum atomic E-state index is 6.04. The summed E-state index contributed by atoms with van der Waals surface area (Å²) in [6.07, 6.45) is 10.0. The summed E-state index contributed by atoms with van der Waals surface area (Å²) in [6, 6.07) is 0. The molecule has 0 aromatic heterocycles. The van der Waals surface area contributed by atoms with Crippen LogP contribution in [0.3, 0.4) is 0 Å². The van der Waals surface area contributed by atoms with E-state index in [1.807, 2.05) is 6.20 Å². The van der Waals surface area contributed by atoms with E-state index in [-0.39, 0.29) is 0 Å². The van der Waals surface area contributed by atoms with Crippen molar-refractivity contribution >= 4 is 17.8 Å². The zero-order valence-electron chi connectivity index (χ0n) is 9.58. The van der Waals surface area contributed by atoms with Crippen molar-refractivity contribution in [2.45, 2.75) is 39.0 Å². The molecule has 0 amide bonds. The molecule has 1 rings (SSSR count). The Bertz CT molecular complexity index is 218. The summed E-state index contributed by atoms with van der Waals surface area (Å²) in [6.45, 7) is 5.38. The van der Waals surface area contributed by atoms with Gasteiger partial charge in [-0.1, -0.05) is 31.4 Å². The van der Waals surface area contributed by atoms with Gasteiger partial charge in [0, 0.05) is 32.0 Å². The quantitative estimate of drug-likeness (QED) is 0.503. The Kier molecular flexibility index (Phi) is 6.49. The highest BCUT2D eigenvalue weighted by Crippen LogP contribution is 2.10. The first kappa shape index (κ1) is 12.6. The summed E-state index contributed by atoms with van der Waals surface area (Å²) in [5.41, 5.74) is 0. The minimum absolute atomic E-state index is 0.758. The van der Waals surface area contributed by atoms with Gasteiger partial charge in [0.15, 0.2) is 0 Å². The van der Waals surface area contributed by atoms with Crippen molar-refractivity contribution < 1.29 is 0 Å². The summed E-state index contributed by atoms with van der Waals surface area (Å²) >= 11 is 6.04. The third-order valence-corrected chi connectivity index (χ3v) is 2.75. The Balaban J connectivity index is 2.18. The normalized spacial score (nSPS) is 18.0. The van der Waals surface area contributed by atoms with Crippen molar-refractivity contribution in [3.8, 4) is 0 Å². The molecule has 0 atom stereocenters. The SMILES string of the molecule is CCCCC/N=C/C(Cl)=C/N1CCCC1. The van der Waals surface area contributed by atoms with Crippen LogP contribution < -0.4 is 0 Å². The largest absolute Gasteiger partial charge is 0.376 e. The number of aliphatic imine (C=N–C) groups is 1. The molecule has 1 aliphatic heterocycles. The van der Waals surface area contributed by atoms with Crippen molar-refractivity contribution in [1.82, 2.24) is 4.90 Å². The highest BCUT2D eigenvalue weighted by atomic mass is 35.5. The van der Waals surface area contributed by atoms with Crippen molar-refractivity contribution in [1.29, 1.82) is 0 Å². The molecular formula is C12H21ClN2. The average Bonchev–Trinajstić information content (AvgIpc) is 2.70. The molecule has 0 spiro atoms. The topological polar surface area (TPSA) is 15.6 Å². The molecule has 0 unspecified atom stereocenters. The molecule has 0 N–H and O–H groups in total. The zero-order valence-corrected chi connectivity index (χ0v) is 10.3. The predicted octanol–water partition coefficient (Wildman–Crippen LogP) is 3.42. The fraction of sp³-hybridized carbons (Fsp3) is 0.750.